The quantitative estimate of drug-likeness (QED) is 0.850. The van der Waals surface area contributed by atoms with Gasteiger partial charge in [-0.05, 0) is 62.3 Å². The highest BCUT2D eigenvalue weighted by Crippen LogP contribution is 2.36. The van der Waals surface area contributed by atoms with E-state index < -0.39 is 0 Å². The average Bonchev–Trinajstić information content (AvgIpc) is 2.46. The molecule has 2 aliphatic rings. The lowest BCUT2D eigenvalue weighted by molar-refractivity contribution is 0.0390. The van der Waals surface area contributed by atoms with E-state index in [4.69, 9.17) is 0 Å². The molecule has 2 atom stereocenters. The number of fused-ring (bicyclic) bond motifs is 1. The minimum atomic E-state index is 0.152. The summed E-state index contributed by atoms with van der Waals surface area (Å²) in [5.41, 5.74) is 1.61. The number of aromatic hydroxyl groups is 1. The number of hydrogen-bond donors (Lipinski definition) is 1. The van der Waals surface area contributed by atoms with E-state index in [2.05, 4.69) is 4.90 Å². The summed E-state index contributed by atoms with van der Waals surface area (Å²) < 4.78 is 0. The number of rotatable bonds is 1. The lowest BCUT2D eigenvalue weighted by Gasteiger charge is -2.44. The molecule has 1 aliphatic carbocycles. The zero-order chi connectivity index (χ0) is 14.1. The van der Waals surface area contributed by atoms with Gasteiger partial charge in [0, 0.05) is 18.2 Å². The van der Waals surface area contributed by atoms with Gasteiger partial charge in [-0.2, -0.15) is 0 Å². The van der Waals surface area contributed by atoms with E-state index in [1.165, 1.54) is 25.7 Å². The Morgan fingerprint density at radius 2 is 1.95 bits per heavy atom. The van der Waals surface area contributed by atoms with Crippen molar-refractivity contribution in [3.63, 3.8) is 0 Å². The third-order valence-corrected chi connectivity index (χ3v) is 4.94. The SMILES string of the molecule is Cc1cc(O)ccc1C(=O)N1CCCC2CCCCC21. The van der Waals surface area contributed by atoms with E-state index >= 15 is 0 Å². The summed E-state index contributed by atoms with van der Waals surface area (Å²) in [5, 5.41) is 9.49. The predicted octanol–water partition coefficient (Wildman–Crippen LogP) is 3.50. The normalized spacial score (nSPS) is 26.1. The number of piperidine rings is 1. The summed E-state index contributed by atoms with van der Waals surface area (Å²) in [7, 11) is 0. The van der Waals surface area contributed by atoms with Gasteiger partial charge in [-0.25, -0.2) is 0 Å². The molecule has 1 aliphatic heterocycles. The van der Waals surface area contributed by atoms with Crippen molar-refractivity contribution in [2.24, 2.45) is 5.92 Å². The second kappa shape index (κ2) is 5.47. The zero-order valence-electron chi connectivity index (χ0n) is 12.1. The Labute approximate surface area is 120 Å². The summed E-state index contributed by atoms with van der Waals surface area (Å²) >= 11 is 0. The molecule has 1 amide bonds. The molecule has 1 aromatic rings. The lowest BCUT2D eigenvalue weighted by Crippen LogP contribution is -2.49. The van der Waals surface area contributed by atoms with Crippen molar-refractivity contribution in [1.82, 2.24) is 4.90 Å². The summed E-state index contributed by atoms with van der Waals surface area (Å²) in [6, 6.07) is 5.50. The maximum Gasteiger partial charge on any atom is 0.254 e. The molecule has 0 spiro atoms. The van der Waals surface area contributed by atoms with Gasteiger partial charge in [-0.3, -0.25) is 4.79 Å². The van der Waals surface area contributed by atoms with E-state index in [1.54, 1.807) is 18.2 Å². The summed E-state index contributed by atoms with van der Waals surface area (Å²) in [6.45, 7) is 2.79. The molecule has 1 heterocycles. The second-order valence-corrected chi connectivity index (χ2v) is 6.25. The number of benzene rings is 1. The Kier molecular flexibility index (Phi) is 3.68. The van der Waals surface area contributed by atoms with Gasteiger partial charge in [0.25, 0.3) is 5.91 Å². The molecular formula is C17H23NO2. The zero-order valence-corrected chi connectivity index (χ0v) is 12.1. The summed E-state index contributed by atoms with van der Waals surface area (Å²) in [5.74, 6) is 1.09. The number of likely N-dealkylation sites (tertiary alicyclic amines) is 1. The molecule has 1 N–H and O–H groups in total. The Morgan fingerprint density at radius 3 is 2.75 bits per heavy atom. The van der Waals surface area contributed by atoms with Crippen molar-refractivity contribution in [3.05, 3.63) is 29.3 Å². The van der Waals surface area contributed by atoms with Gasteiger partial charge in [-0.15, -0.1) is 0 Å². The minimum absolute atomic E-state index is 0.152. The molecule has 0 bridgehead atoms. The number of carbonyl (C=O) groups is 1. The van der Waals surface area contributed by atoms with E-state index in [-0.39, 0.29) is 11.7 Å². The number of amides is 1. The van der Waals surface area contributed by atoms with Crippen LogP contribution in [0, 0.1) is 12.8 Å². The first-order valence-electron chi connectivity index (χ1n) is 7.77. The average molecular weight is 273 g/mol. The van der Waals surface area contributed by atoms with Gasteiger partial charge in [0.15, 0.2) is 0 Å². The van der Waals surface area contributed by atoms with Crippen molar-refractivity contribution in [1.29, 1.82) is 0 Å². The molecule has 3 rings (SSSR count). The predicted molar refractivity (Wildman–Crippen MR) is 78.9 cm³/mol. The molecule has 1 saturated carbocycles. The van der Waals surface area contributed by atoms with Crippen LogP contribution >= 0.6 is 0 Å². The van der Waals surface area contributed by atoms with Gasteiger partial charge >= 0.3 is 0 Å². The van der Waals surface area contributed by atoms with E-state index in [9.17, 15) is 9.90 Å². The topological polar surface area (TPSA) is 40.5 Å². The molecule has 3 nitrogen and oxygen atoms in total. The van der Waals surface area contributed by atoms with Crippen LogP contribution in [0.1, 0.15) is 54.4 Å². The molecule has 1 aromatic carbocycles. The van der Waals surface area contributed by atoms with Crippen LogP contribution in [0.2, 0.25) is 0 Å². The molecule has 0 aromatic heterocycles. The van der Waals surface area contributed by atoms with Gasteiger partial charge in [0.1, 0.15) is 5.75 Å². The fraction of sp³-hybridized carbons (Fsp3) is 0.588. The van der Waals surface area contributed by atoms with Crippen LogP contribution in [-0.4, -0.2) is 28.5 Å². The number of phenols is 1. The minimum Gasteiger partial charge on any atom is -0.508 e. The van der Waals surface area contributed by atoms with Crippen LogP contribution in [0.15, 0.2) is 18.2 Å². The number of phenolic OH excluding ortho intramolecular Hbond substituents is 1. The maximum absolute atomic E-state index is 12.8. The molecule has 0 radical (unpaired) electrons. The number of nitrogens with zero attached hydrogens (tertiary/aromatic N) is 1. The Balaban J connectivity index is 1.85. The molecule has 20 heavy (non-hydrogen) atoms. The van der Waals surface area contributed by atoms with Crippen molar-refractivity contribution >= 4 is 5.91 Å². The fourth-order valence-corrected chi connectivity index (χ4v) is 3.92. The van der Waals surface area contributed by atoms with E-state index in [1.807, 2.05) is 6.92 Å². The number of aryl methyl sites for hydroxylation is 1. The first-order chi connectivity index (χ1) is 9.66. The molecule has 3 heteroatoms. The standard InChI is InChI=1S/C17H23NO2/c1-12-11-14(19)8-9-15(12)17(20)18-10-4-6-13-5-2-3-7-16(13)18/h8-9,11,13,16,19H,2-7,10H2,1H3. The van der Waals surface area contributed by atoms with Crippen LogP contribution in [0.25, 0.3) is 0 Å². The molecular weight excluding hydrogens is 250 g/mol. The highest BCUT2D eigenvalue weighted by molar-refractivity contribution is 5.96. The molecule has 2 unspecified atom stereocenters. The molecule has 1 saturated heterocycles. The van der Waals surface area contributed by atoms with Crippen LogP contribution in [0.4, 0.5) is 0 Å². The summed E-state index contributed by atoms with van der Waals surface area (Å²) in [4.78, 5) is 14.9. The van der Waals surface area contributed by atoms with Crippen LogP contribution in [0.3, 0.4) is 0 Å². The van der Waals surface area contributed by atoms with Gasteiger partial charge in [0.2, 0.25) is 0 Å². The summed E-state index contributed by atoms with van der Waals surface area (Å²) in [6.07, 6.45) is 7.42. The lowest BCUT2D eigenvalue weighted by atomic mass is 9.78. The largest absolute Gasteiger partial charge is 0.508 e. The van der Waals surface area contributed by atoms with Crippen molar-refractivity contribution in [2.75, 3.05) is 6.54 Å². The van der Waals surface area contributed by atoms with Gasteiger partial charge in [-0.1, -0.05) is 12.8 Å². The van der Waals surface area contributed by atoms with Crippen molar-refractivity contribution in [3.8, 4) is 5.75 Å². The maximum atomic E-state index is 12.8. The van der Waals surface area contributed by atoms with Crippen LogP contribution in [-0.2, 0) is 0 Å². The first kappa shape index (κ1) is 13.5. The third kappa shape index (κ3) is 2.41. The van der Waals surface area contributed by atoms with Crippen molar-refractivity contribution in [2.45, 2.75) is 51.5 Å². The smallest absolute Gasteiger partial charge is 0.254 e. The molecule has 108 valence electrons. The first-order valence-corrected chi connectivity index (χ1v) is 7.77. The highest BCUT2D eigenvalue weighted by Gasteiger charge is 2.36. The fourth-order valence-electron chi connectivity index (χ4n) is 3.92. The van der Waals surface area contributed by atoms with Gasteiger partial charge < -0.3 is 10.0 Å². The van der Waals surface area contributed by atoms with E-state index in [0.29, 0.717) is 12.0 Å². The van der Waals surface area contributed by atoms with Crippen LogP contribution < -0.4 is 0 Å². The van der Waals surface area contributed by atoms with Crippen molar-refractivity contribution < 1.29 is 9.90 Å². The monoisotopic (exact) mass is 273 g/mol. The number of carbonyl (C=O) groups excluding carboxylic acids is 1. The van der Waals surface area contributed by atoms with Crippen LogP contribution in [0.5, 0.6) is 5.75 Å². The Bertz CT molecular complexity index is 510. The van der Waals surface area contributed by atoms with Gasteiger partial charge in [0.05, 0.1) is 0 Å². The Morgan fingerprint density at radius 1 is 1.20 bits per heavy atom. The molecule has 2 fully saturated rings. The Hall–Kier alpha value is -1.51. The van der Waals surface area contributed by atoms with E-state index in [0.717, 1.165) is 30.5 Å². The third-order valence-electron chi connectivity index (χ3n) is 4.94. The highest BCUT2D eigenvalue weighted by atomic mass is 16.3. The second-order valence-electron chi connectivity index (χ2n) is 6.25. The number of hydrogen-bond acceptors (Lipinski definition) is 2.